The van der Waals surface area contributed by atoms with E-state index in [9.17, 15) is 4.79 Å². The van der Waals surface area contributed by atoms with Gasteiger partial charge in [0.1, 0.15) is 0 Å². The monoisotopic (exact) mass is 333 g/mol. The fourth-order valence-corrected chi connectivity index (χ4v) is 3.44. The van der Waals surface area contributed by atoms with Gasteiger partial charge in [-0.05, 0) is 31.0 Å². The highest BCUT2D eigenvalue weighted by Crippen LogP contribution is 2.40. The van der Waals surface area contributed by atoms with Crippen LogP contribution in [0.3, 0.4) is 0 Å². The van der Waals surface area contributed by atoms with E-state index in [1.807, 2.05) is 21.8 Å². The van der Waals surface area contributed by atoms with Crippen molar-refractivity contribution < 1.29 is 14.3 Å². The van der Waals surface area contributed by atoms with E-state index in [-0.39, 0.29) is 18.7 Å². The van der Waals surface area contributed by atoms with Crippen LogP contribution in [0.15, 0.2) is 30.6 Å². The summed E-state index contributed by atoms with van der Waals surface area (Å²) in [5, 5.41) is 4.64. The Morgan fingerprint density at radius 1 is 1.39 bits per heavy atom. The molecular weight excluding hydrogens is 318 g/mol. The Balaban J connectivity index is 1.57. The standard InChI is InChI=1S/C16H16ClN3O3/c17-13-7-11(8-14-15(13)23-10-22-14)16(21)20-6-1-3-12(20)9-19-5-2-4-18-19/h2,4-5,7-8,12H,1,3,6,9-10H2. The van der Waals surface area contributed by atoms with Gasteiger partial charge in [0.2, 0.25) is 6.79 Å². The van der Waals surface area contributed by atoms with Gasteiger partial charge in [-0.3, -0.25) is 9.48 Å². The van der Waals surface area contributed by atoms with Crippen LogP contribution in [0.1, 0.15) is 23.2 Å². The Labute approximate surface area is 138 Å². The number of aromatic nitrogens is 2. The zero-order valence-electron chi connectivity index (χ0n) is 12.4. The van der Waals surface area contributed by atoms with Crippen molar-refractivity contribution in [2.45, 2.75) is 25.4 Å². The maximum absolute atomic E-state index is 12.9. The van der Waals surface area contributed by atoms with Crippen LogP contribution in [0.5, 0.6) is 11.5 Å². The van der Waals surface area contributed by atoms with E-state index in [0.717, 1.165) is 19.4 Å². The molecule has 1 fully saturated rings. The third-order valence-electron chi connectivity index (χ3n) is 4.27. The summed E-state index contributed by atoms with van der Waals surface area (Å²) < 4.78 is 12.5. The molecule has 23 heavy (non-hydrogen) atoms. The van der Waals surface area contributed by atoms with Crippen molar-refractivity contribution in [3.63, 3.8) is 0 Å². The van der Waals surface area contributed by atoms with Gasteiger partial charge >= 0.3 is 0 Å². The number of hydrogen-bond donors (Lipinski definition) is 0. The average Bonchev–Trinajstić information content (AvgIpc) is 3.28. The Kier molecular flexibility index (Phi) is 3.61. The van der Waals surface area contributed by atoms with Crippen LogP contribution in [-0.2, 0) is 6.54 Å². The number of rotatable bonds is 3. The molecule has 6 nitrogen and oxygen atoms in total. The highest BCUT2D eigenvalue weighted by Gasteiger charge is 2.31. The Bertz CT molecular complexity index is 732. The molecule has 0 saturated carbocycles. The zero-order valence-corrected chi connectivity index (χ0v) is 13.2. The molecular formula is C16H16ClN3O3. The van der Waals surface area contributed by atoms with Crippen molar-refractivity contribution in [1.82, 2.24) is 14.7 Å². The van der Waals surface area contributed by atoms with Gasteiger partial charge in [0.25, 0.3) is 5.91 Å². The van der Waals surface area contributed by atoms with Gasteiger partial charge in [-0.15, -0.1) is 0 Å². The maximum Gasteiger partial charge on any atom is 0.254 e. The first-order chi connectivity index (χ1) is 11.2. The fourth-order valence-electron chi connectivity index (χ4n) is 3.17. The molecule has 3 heterocycles. The van der Waals surface area contributed by atoms with Crippen molar-refractivity contribution in [1.29, 1.82) is 0 Å². The second-order valence-electron chi connectivity index (χ2n) is 5.71. The number of amides is 1. The molecule has 0 radical (unpaired) electrons. The summed E-state index contributed by atoms with van der Waals surface area (Å²) in [6, 6.07) is 5.39. The number of fused-ring (bicyclic) bond motifs is 1. The van der Waals surface area contributed by atoms with Gasteiger partial charge < -0.3 is 14.4 Å². The van der Waals surface area contributed by atoms with Gasteiger partial charge in [0.05, 0.1) is 17.6 Å². The summed E-state index contributed by atoms with van der Waals surface area (Å²) in [6.45, 7) is 1.59. The summed E-state index contributed by atoms with van der Waals surface area (Å²) in [4.78, 5) is 14.8. The molecule has 120 valence electrons. The van der Waals surface area contributed by atoms with E-state index in [2.05, 4.69) is 5.10 Å². The lowest BCUT2D eigenvalue weighted by molar-refractivity contribution is 0.0721. The van der Waals surface area contributed by atoms with Crippen molar-refractivity contribution in [2.24, 2.45) is 0 Å². The summed E-state index contributed by atoms with van der Waals surface area (Å²) in [5.74, 6) is 1.02. The van der Waals surface area contributed by atoms with Crippen LogP contribution in [0.2, 0.25) is 5.02 Å². The average molecular weight is 334 g/mol. The summed E-state index contributed by atoms with van der Waals surface area (Å²) in [7, 11) is 0. The topological polar surface area (TPSA) is 56.6 Å². The maximum atomic E-state index is 12.9. The second-order valence-corrected chi connectivity index (χ2v) is 6.12. The number of carbonyl (C=O) groups is 1. The molecule has 2 aliphatic heterocycles. The summed E-state index contributed by atoms with van der Waals surface area (Å²) >= 11 is 6.19. The van der Waals surface area contributed by atoms with Gasteiger partial charge in [-0.25, -0.2) is 0 Å². The summed E-state index contributed by atoms with van der Waals surface area (Å²) in [5.41, 5.74) is 0.534. The molecule has 1 saturated heterocycles. The number of carbonyl (C=O) groups excluding carboxylic acids is 1. The lowest BCUT2D eigenvalue weighted by atomic mass is 10.1. The van der Waals surface area contributed by atoms with E-state index in [1.54, 1.807) is 18.3 Å². The van der Waals surface area contributed by atoms with Gasteiger partial charge in [-0.1, -0.05) is 11.6 Å². The quantitative estimate of drug-likeness (QED) is 0.866. The molecule has 2 aromatic rings. The van der Waals surface area contributed by atoms with E-state index in [4.69, 9.17) is 21.1 Å². The molecule has 1 amide bonds. The predicted molar refractivity (Wildman–Crippen MR) is 83.9 cm³/mol. The molecule has 0 aliphatic carbocycles. The van der Waals surface area contributed by atoms with Crippen molar-refractivity contribution in [3.05, 3.63) is 41.2 Å². The van der Waals surface area contributed by atoms with Crippen LogP contribution in [0.25, 0.3) is 0 Å². The van der Waals surface area contributed by atoms with E-state index >= 15 is 0 Å². The highest BCUT2D eigenvalue weighted by atomic mass is 35.5. The third-order valence-corrected chi connectivity index (χ3v) is 4.55. The molecule has 4 rings (SSSR count). The molecule has 1 atom stereocenters. The second kappa shape index (κ2) is 5.77. The van der Waals surface area contributed by atoms with Crippen LogP contribution in [-0.4, -0.2) is 40.0 Å². The fraction of sp³-hybridized carbons (Fsp3) is 0.375. The first-order valence-electron chi connectivity index (χ1n) is 7.60. The normalized spacial score (nSPS) is 19.3. The number of nitrogens with zero attached hydrogens (tertiary/aromatic N) is 3. The Hall–Kier alpha value is -2.21. The van der Waals surface area contributed by atoms with E-state index < -0.39 is 0 Å². The first kappa shape index (κ1) is 14.4. The van der Waals surface area contributed by atoms with Crippen molar-refractivity contribution in [2.75, 3.05) is 13.3 Å². The third kappa shape index (κ3) is 2.63. The predicted octanol–water partition coefficient (Wildman–Crippen LogP) is 2.57. The minimum absolute atomic E-state index is 0.0279. The lowest BCUT2D eigenvalue weighted by Gasteiger charge is -2.25. The number of likely N-dealkylation sites (tertiary alicyclic amines) is 1. The molecule has 2 aliphatic rings. The minimum Gasteiger partial charge on any atom is -0.454 e. The van der Waals surface area contributed by atoms with Crippen molar-refractivity contribution in [3.8, 4) is 11.5 Å². The number of halogens is 1. The zero-order chi connectivity index (χ0) is 15.8. The van der Waals surface area contributed by atoms with Crippen LogP contribution in [0.4, 0.5) is 0 Å². The van der Waals surface area contributed by atoms with E-state index in [0.29, 0.717) is 28.6 Å². The molecule has 1 aromatic heterocycles. The number of benzene rings is 1. The highest BCUT2D eigenvalue weighted by molar-refractivity contribution is 6.32. The van der Waals surface area contributed by atoms with Crippen LogP contribution in [0, 0.1) is 0 Å². The lowest BCUT2D eigenvalue weighted by Crippen LogP contribution is -2.38. The summed E-state index contributed by atoms with van der Waals surface area (Å²) in [6.07, 6.45) is 5.64. The molecule has 0 bridgehead atoms. The van der Waals surface area contributed by atoms with Crippen LogP contribution >= 0.6 is 11.6 Å². The van der Waals surface area contributed by atoms with Gasteiger partial charge in [0, 0.05) is 24.5 Å². The molecule has 7 heteroatoms. The Morgan fingerprint density at radius 2 is 2.30 bits per heavy atom. The number of ether oxygens (including phenoxy) is 2. The van der Waals surface area contributed by atoms with Gasteiger partial charge in [-0.2, -0.15) is 5.10 Å². The first-order valence-corrected chi connectivity index (χ1v) is 7.98. The van der Waals surface area contributed by atoms with E-state index in [1.165, 1.54) is 0 Å². The molecule has 0 spiro atoms. The SMILES string of the molecule is O=C(c1cc(Cl)c2c(c1)OCO2)N1CCCC1Cn1cccn1. The van der Waals surface area contributed by atoms with Crippen LogP contribution < -0.4 is 9.47 Å². The largest absolute Gasteiger partial charge is 0.454 e. The molecule has 0 N–H and O–H groups in total. The smallest absolute Gasteiger partial charge is 0.254 e. The molecule has 1 unspecified atom stereocenters. The molecule has 1 aromatic carbocycles. The van der Waals surface area contributed by atoms with Gasteiger partial charge in [0.15, 0.2) is 11.5 Å². The minimum atomic E-state index is -0.0279. The Morgan fingerprint density at radius 3 is 3.13 bits per heavy atom. The van der Waals surface area contributed by atoms with Crippen molar-refractivity contribution >= 4 is 17.5 Å². The number of hydrogen-bond acceptors (Lipinski definition) is 4.